The van der Waals surface area contributed by atoms with Gasteiger partial charge >= 0.3 is 5.51 Å². The number of alkyl halides is 3. The Bertz CT molecular complexity index is 458. The van der Waals surface area contributed by atoms with Crippen LogP contribution in [0.4, 0.5) is 13.2 Å². The Kier molecular flexibility index (Phi) is 17.4. The maximum atomic E-state index is 10.7. The molecule has 0 bridgehead atoms. The van der Waals surface area contributed by atoms with Crippen LogP contribution in [0.15, 0.2) is 35.3 Å². The quantitative estimate of drug-likeness (QED) is 0.140. The number of allylic oxidation sites excluding steroid dienone is 4. The molecule has 1 aliphatic carbocycles. The average Bonchev–Trinajstić information content (AvgIpc) is 2.02. The second-order valence-electron chi connectivity index (χ2n) is 2.41. The van der Waals surface area contributed by atoms with Crippen LogP contribution in [0.3, 0.4) is 0 Å². The third kappa shape index (κ3) is 13.2. The SMILES string of the molecule is CC1=CC=C=C=C1.O=S(=O)([O-])C(F)(F)F.[I-].[Zn].[Zn]. The molecular formula is C8H6F3IO3SZn2-2. The van der Waals surface area contributed by atoms with Gasteiger partial charge in [-0.2, -0.15) is 13.2 Å². The predicted molar refractivity (Wildman–Crippen MR) is 45.7 cm³/mol. The first-order valence-electron chi connectivity index (χ1n) is 3.51. The minimum absolute atomic E-state index is 0. The molecule has 0 aromatic heterocycles. The van der Waals surface area contributed by atoms with E-state index < -0.39 is 15.6 Å². The van der Waals surface area contributed by atoms with Gasteiger partial charge in [0.1, 0.15) is 0 Å². The van der Waals surface area contributed by atoms with Crippen molar-refractivity contribution in [1.82, 2.24) is 0 Å². The fraction of sp³-hybridized carbons (Fsp3) is 0.250. The van der Waals surface area contributed by atoms with Gasteiger partial charge in [0.15, 0.2) is 10.1 Å². The summed E-state index contributed by atoms with van der Waals surface area (Å²) in [6.07, 6.45) is 5.76. The van der Waals surface area contributed by atoms with Crippen molar-refractivity contribution < 1.29 is 89.1 Å². The Labute approximate surface area is 146 Å². The van der Waals surface area contributed by atoms with E-state index in [1.807, 2.05) is 25.2 Å². The molecular weight excluding hydrogens is 491 g/mol. The first-order chi connectivity index (χ1) is 6.64. The van der Waals surface area contributed by atoms with E-state index in [0.29, 0.717) is 0 Å². The standard InChI is InChI=1S/C7H6.CHF3O3S.HI.2Zn/c1-7-5-3-2-4-6-7;2-1(3,4)8(5,6)7;;;/h3,5-6H,1H3;(H,5,6,7);1H;;/p-2. The first kappa shape index (κ1) is 27.1. The van der Waals surface area contributed by atoms with Crippen LogP contribution in [0.2, 0.25) is 0 Å². The molecule has 0 spiro atoms. The van der Waals surface area contributed by atoms with Crippen LogP contribution in [-0.2, 0) is 49.1 Å². The van der Waals surface area contributed by atoms with Crippen molar-refractivity contribution in [3.63, 3.8) is 0 Å². The molecule has 1 rings (SSSR count). The van der Waals surface area contributed by atoms with Crippen LogP contribution in [-0.4, -0.2) is 18.5 Å². The molecule has 0 amide bonds. The van der Waals surface area contributed by atoms with Crippen molar-refractivity contribution in [1.29, 1.82) is 0 Å². The summed E-state index contributed by atoms with van der Waals surface area (Å²) in [5, 5.41) is 0. The number of rotatable bonds is 0. The molecule has 0 fully saturated rings. The topological polar surface area (TPSA) is 57.2 Å². The molecule has 0 radical (unpaired) electrons. The molecule has 0 atom stereocenters. The third-order valence-electron chi connectivity index (χ3n) is 1.10. The Hall–Kier alpha value is 0.717. The fourth-order valence-corrected chi connectivity index (χ4v) is 0.425. The molecule has 0 unspecified atom stereocenters. The van der Waals surface area contributed by atoms with E-state index in [2.05, 4.69) is 11.5 Å². The van der Waals surface area contributed by atoms with Gasteiger partial charge in [-0.05, 0) is 24.6 Å². The summed E-state index contributed by atoms with van der Waals surface area (Å²) in [6.45, 7) is 2.03. The molecule has 0 aromatic rings. The zero-order chi connectivity index (χ0) is 12.1. The van der Waals surface area contributed by atoms with Crippen LogP contribution in [0.25, 0.3) is 0 Å². The largest absolute Gasteiger partial charge is 1.00 e. The van der Waals surface area contributed by atoms with Crippen molar-refractivity contribution in [2.45, 2.75) is 12.4 Å². The van der Waals surface area contributed by atoms with E-state index in [9.17, 15) is 13.2 Å². The van der Waals surface area contributed by atoms with Gasteiger partial charge in [-0.3, -0.25) is 0 Å². The van der Waals surface area contributed by atoms with Crippen LogP contribution in [0.5, 0.6) is 0 Å². The van der Waals surface area contributed by atoms with Gasteiger partial charge in [0, 0.05) is 39.0 Å². The van der Waals surface area contributed by atoms with E-state index in [-0.39, 0.29) is 62.9 Å². The molecule has 0 aromatic carbocycles. The maximum absolute atomic E-state index is 10.7. The Morgan fingerprint density at radius 1 is 1.22 bits per heavy atom. The Morgan fingerprint density at radius 3 is 1.72 bits per heavy atom. The zero-order valence-corrected chi connectivity index (χ0v) is 18.2. The van der Waals surface area contributed by atoms with Crippen molar-refractivity contribution >= 4 is 10.1 Å². The molecule has 18 heavy (non-hydrogen) atoms. The van der Waals surface area contributed by atoms with Crippen LogP contribution in [0, 0.1) is 0 Å². The second-order valence-corrected chi connectivity index (χ2v) is 3.78. The summed E-state index contributed by atoms with van der Waals surface area (Å²) in [5.41, 5.74) is 1.23. The maximum Gasteiger partial charge on any atom is 0.485 e. The third-order valence-corrected chi connectivity index (χ3v) is 1.66. The van der Waals surface area contributed by atoms with E-state index in [4.69, 9.17) is 13.0 Å². The van der Waals surface area contributed by atoms with Crippen molar-refractivity contribution in [2.24, 2.45) is 0 Å². The monoisotopic (exact) mass is 494 g/mol. The molecule has 0 saturated carbocycles. The van der Waals surface area contributed by atoms with Gasteiger partial charge in [-0.25, -0.2) is 8.42 Å². The zero-order valence-electron chi connectivity index (χ0n) is 9.29. The molecule has 0 aliphatic heterocycles. The Morgan fingerprint density at radius 2 is 1.61 bits per heavy atom. The summed E-state index contributed by atoms with van der Waals surface area (Å²) < 4.78 is 58.9. The van der Waals surface area contributed by atoms with Gasteiger partial charge < -0.3 is 28.5 Å². The number of hydrogen-bond donors (Lipinski definition) is 0. The molecule has 0 saturated heterocycles. The number of halogens is 4. The minimum atomic E-state index is -6.09. The summed E-state index contributed by atoms with van der Waals surface area (Å²) >= 11 is 0. The molecule has 1 aliphatic rings. The molecule has 0 heterocycles. The Balaban J connectivity index is -0.0000000935. The van der Waals surface area contributed by atoms with Gasteiger partial charge in [0.25, 0.3) is 0 Å². The summed E-state index contributed by atoms with van der Waals surface area (Å²) in [7, 11) is -6.09. The smallest absolute Gasteiger partial charge is 0.485 e. The molecule has 96 valence electrons. The summed E-state index contributed by atoms with van der Waals surface area (Å²) in [5.74, 6) is 0. The van der Waals surface area contributed by atoms with Crippen LogP contribution < -0.4 is 24.0 Å². The van der Waals surface area contributed by atoms with E-state index in [1.165, 1.54) is 5.57 Å². The first-order valence-corrected chi connectivity index (χ1v) is 4.92. The predicted octanol–water partition coefficient (Wildman–Crippen LogP) is -1.14. The second kappa shape index (κ2) is 11.5. The molecule has 0 N–H and O–H groups in total. The van der Waals surface area contributed by atoms with Gasteiger partial charge in [0.05, 0.1) is 0 Å². The summed E-state index contributed by atoms with van der Waals surface area (Å²) in [6, 6.07) is 0. The van der Waals surface area contributed by atoms with Crippen LogP contribution >= 0.6 is 0 Å². The van der Waals surface area contributed by atoms with Crippen LogP contribution in [0.1, 0.15) is 6.92 Å². The fourth-order valence-electron chi connectivity index (χ4n) is 0.425. The van der Waals surface area contributed by atoms with E-state index >= 15 is 0 Å². The van der Waals surface area contributed by atoms with Crippen molar-refractivity contribution in [3.8, 4) is 0 Å². The van der Waals surface area contributed by atoms with Crippen molar-refractivity contribution in [3.05, 3.63) is 35.3 Å². The molecule has 3 nitrogen and oxygen atoms in total. The minimum Gasteiger partial charge on any atom is -1.00 e. The normalized spacial score (nSPS) is 11.9. The number of hydrogen-bond acceptors (Lipinski definition) is 3. The van der Waals surface area contributed by atoms with E-state index in [1.54, 1.807) is 0 Å². The molecule has 10 heteroatoms. The average molecular weight is 497 g/mol. The van der Waals surface area contributed by atoms with Gasteiger partial charge in [-0.1, -0.05) is 17.5 Å². The van der Waals surface area contributed by atoms with Gasteiger partial charge in [0.2, 0.25) is 0 Å². The summed E-state index contributed by atoms with van der Waals surface area (Å²) in [4.78, 5) is 0. The van der Waals surface area contributed by atoms with Crippen molar-refractivity contribution in [2.75, 3.05) is 0 Å². The van der Waals surface area contributed by atoms with Gasteiger partial charge in [-0.15, -0.1) is 0 Å². The van der Waals surface area contributed by atoms with E-state index in [0.717, 1.165) is 0 Å².